The van der Waals surface area contributed by atoms with Crippen LogP contribution in [-0.2, 0) is 11.3 Å². The first-order valence-corrected chi connectivity index (χ1v) is 7.76. The SMILES string of the molecule is CNc1nc2ccccc2cc1CN1CC2CCC(C1)O2. The molecule has 2 saturated heterocycles. The molecule has 110 valence electrons. The normalized spacial score (nSPS) is 25.4. The molecular formula is C17H21N3O. The summed E-state index contributed by atoms with van der Waals surface area (Å²) < 4.78 is 5.92. The summed E-state index contributed by atoms with van der Waals surface area (Å²) in [6.45, 7) is 3.04. The van der Waals surface area contributed by atoms with Crippen molar-refractivity contribution in [1.82, 2.24) is 9.88 Å². The van der Waals surface area contributed by atoms with Gasteiger partial charge in [-0.15, -0.1) is 0 Å². The van der Waals surface area contributed by atoms with E-state index in [1.807, 2.05) is 13.1 Å². The molecule has 0 amide bonds. The standard InChI is InChI=1S/C17H21N3O/c1-18-17-13(8-12-4-2-3-5-16(12)19-17)9-20-10-14-6-7-15(11-20)21-14/h2-5,8,14-15H,6-7,9-11H2,1H3,(H,18,19). The van der Waals surface area contributed by atoms with Gasteiger partial charge in [0.25, 0.3) is 0 Å². The van der Waals surface area contributed by atoms with E-state index in [1.165, 1.54) is 23.8 Å². The van der Waals surface area contributed by atoms with Gasteiger partial charge in [0.15, 0.2) is 0 Å². The minimum absolute atomic E-state index is 0.440. The zero-order valence-corrected chi connectivity index (χ0v) is 12.4. The highest BCUT2D eigenvalue weighted by molar-refractivity contribution is 5.81. The van der Waals surface area contributed by atoms with Gasteiger partial charge in [0.2, 0.25) is 0 Å². The number of fused-ring (bicyclic) bond motifs is 3. The second-order valence-corrected chi connectivity index (χ2v) is 6.09. The van der Waals surface area contributed by atoms with Crippen LogP contribution in [0.1, 0.15) is 18.4 Å². The van der Waals surface area contributed by atoms with E-state index < -0.39 is 0 Å². The maximum absolute atomic E-state index is 5.92. The molecule has 4 heteroatoms. The molecule has 1 N–H and O–H groups in total. The summed E-state index contributed by atoms with van der Waals surface area (Å²) in [5, 5.41) is 4.46. The number of rotatable bonds is 3. The molecule has 0 aliphatic carbocycles. The van der Waals surface area contributed by atoms with E-state index in [-0.39, 0.29) is 0 Å². The molecule has 2 aromatic rings. The number of aromatic nitrogens is 1. The van der Waals surface area contributed by atoms with Crippen LogP contribution in [0.4, 0.5) is 5.82 Å². The number of morpholine rings is 1. The van der Waals surface area contributed by atoms with Gasteiger partial charge < -0.3 is 10.1 Å². The molecule has 2 atom stereocenters. The Kier molecular flexibility index (Phi) is 3.28. The van der Waals surface area contributed by atoms with Crippen LogP contribution in [0.15, 0.2) is 30.3 Å². The number of benzene rings is 1. The Morgan fingerprint density at radius 1 is 1.24 bits per heavy atom. The van der Waals surface area contributed by atoms with E-state index in [2.05, 4.69) is 34.5 Å². The van der Waals surface area contributed by atoms with Gasteiger partial charge in [-0.05, 0) is 25.0 Å². The number of pyridine rings is 1. The Labute approximate surface area is 125 Å². The molecule has 1 aromatic carbocycles. The van der Waals surface area contributed by atoms with Crippen molar-refractivity contribution in [2.45, 2.75) is 31.6 Å². The van der Waals surface area contributed by atoms with Crippen LogP contribution in [0.2, 0.25) is 0 Å². The van der Waals surface area contributed by atoms with Crippen molar-refractivity contribution < 1.29 is 4.74 Å². The first-order valence-electron chi connectivity index (χ1n) is 7.76. The van der Waals surface area contributed by atoms with Crippen molar-refractivity contribution in [3.05, 3.63) is 35.9 Å². The zero-order chi connectivity index (χ0) is 14.2. The van der Waals surface area contributed by atoms with Crippen molar-refractivity contribution in [2.24, 2.45) is 0 Å². The molecule has 0 radical (unpaired) electrons. The fourth-order valence-electron chi connectivity index (χ4n) is 3.57. The molecule has 1 aromatic heterocycles. The van der Waals surface area contributed by atoms with Crippen LogP contribution in [-0.4, -0.2) is 42.2 Å². The molecule has 21 heavy (non-hydrogen) atoms. The largest absolute Gasteiger partial charge is 0.373 e. The first-order chi connectivity index (χ1) is 10.3. The van der Waals surface area contributed by atoms with Crippen molar-refractivity contribution >= 4 is 16.7 Å². The number of para-hydroxylation sites is 1. The molecule has 3 heterocycles. The minimum atomic E-state index is 0.440. The molecule has 4 rings (SSSR count). The van der Waals surface area contributed by atoms with Gasteiger partial charge in [-0.25, -0.2) is 4.98 Å². The average Bonchev–Trinajstić information content (AvgIpc) is 2.85. The predicted molar refractivity (Wildman–Crippen MR) is 84.5 cm³/mol. The molecular weight excluding hydrogens is 262 g/mol. The summed E-state index contributed by atoms with van der Waals surface area (Å²) in [7, 11) is 1.95. The van der Waals surface area contributed by atoms with Crippen molar-refractivity contribution in [2.75, 3.05) is 25.5 Å². The average molecular weight is 283 g/mol. The molecule has 4 nitrogen and oxygen atoms in total. The first kappa shape index (κ1) is 13.0. The summed E-state index contributed by atoms with van der Waals surface area (Å²) in [4.78, 5) is 7.26. The lowest BCUT2D eigenvalue weighted by molar-refractivity contribution is -0.0410. The molecule has 2 bridgehead atoms. The Hall–Kier alpha value is -1.65. The maximum atomic E-state index is 5.92. The van der Waals surface area contributed by atoms with Crippen LogP contribution >= 0.6 is 0 Å². The predicted octanol–water partition coefficient (Wildman–Crippen LogP) is 2.64. The van der Waals surface area contributed by atoms with Crippen molar-refractivity contribution in [3.63, 3.8) is 0 Å². The highest BCUT2D eigenvalue weighted by Gasteiger charge is 2.33. The molecule has 2 fully saturated rings. The van der Waals surface area contributed by atoms with Crippen LogP contribution in [0.3, 0.4) is 0 Å². The Morgan fingerprint density at radius 3 is 2.76 bits per heavy atom. The molecule has 0 saturated carbocycles. The topological polar surface area (TPSA) is 37.4 Å². The summed E-state index contributed by atoms with van der Waals surface area (Å²) in [5.74, 6) is 0.993. The molecule has 2 unspecified atom stereocenters. The lowest BCUT2D eigenvalue weighted by Crippen LogP contribution is -2.42. The highest BCUT2D eigenvalue weighted by atomic mass is 16.5. The van der Waals surface area contributed by atoms with Crippen LogP contribution in [0, 0.1) is 0 Å². The number of anilines is 1. The Balaban J connectivity index is 1.62. The molecule has 0 spiro atoms. The Morgan fingerprint density at radius 2 is 2.00 bits per heavy atom. The van der Waals surface area contributed by atoms with Crippen LogP contribution < -0.4 is 5.32 Å². The van der Waals surface area contributed by atoms with E-state index in [9.17, 15) is 0 Å². The lowest BCUT2D eigenvalue weighted by atomic mass is 10.1. The summed E-state index contributed by atoms with van der Waals surface area (Å²) in [5.41, 5.74) is 2.32. The summed E-state index contributed by atoms with van der Waals surface area (Å²) in [6.07, 6.45) is 3.32. The van der Waals surface area contributed by atoms with Gasteiger partial charge in [-0.2, -0.15) is 0 Å². The number of nitrogens with one attached hydrogen (secondary N) is 1. The fraction of sp³-hybridized carbons (Fsp3) is 0.471. The van der Waals surface area contributed by atoms with E-state index in [1.54, 1.807) is 0 Å². The third-order valence-electron chi connectivity index (χ3n) is 4.55. The molecule has 2 aliphatic heterocycles. The van der Waals surface area contributed by atoms with Gasteiger partial charge in [0, 0.05) is 37.6 Å². The number of hydrogen-bond donors (Lipinski definition) is 1. The summed E-state index contributed by atoms with van der Waals surface area (Å²) >= 11 is 0. The molecule has 2 aliphatic rings. The van der Waals surface area contributed by atoms with E-state index in [4.69, 9.17) is 9.72 Å². The van der Waals surface area contributed by atoms with E-state index >= 15 is 0 Å². The van der Waals surface area contributed by atoms with Gasteiger partial charge in [0.1, 0.15) is 5.82 Å². The van der Waals surface area contributed by atoms with E-state index in [0.29, 0.717) is 12.2 Å². The number of ether oxygens (including phenoxy) is 1. The van der Waals surface area contributed by atoms with Gasteiger partial charge in [0.05, 0.1) is 17.7 Å². The van der Waals surface area contributed by atoms with E-state index in [0.717, 1.165) is 31.0 Å². The smallest absolute Gasteiger partial charge is 0.130 e. The summed E-state index contributed by atoms with van der Waals surface area (Å²) in [6, 6.07) is 10.6. The number of likely N-dealkylation sites (tertiary alicyclic amines) is 1. The third-order valence-corrected chi connectivity index (χ3v) is 4.55. The second kappa shape index (κ2) is 5.28. The zero-order valence-electron chi connectivity index (χ0n) is 12.4. The van der Waals surface area contributed by atoms with Crippen molar-refractivity contribution in [3.8, 4) is 0 Å². The van der Waals surface area contributed by atoms with Crippen LogP contribution in [0.25, 0.3) is 10.9 Å². The fourth-order valence-corrected chi connectivity index (χ4v) is 3.57. The second-order valence-electron chi connectivity index (χ2n) is 6.09. The van der Waals surface area contributed by atoms with Crippen LogP contribution in [0.5, 0.6) is 0 Å². The number of hydrogen-bond acceptors (Lipinski definition) is 4. The highest BCUT2D eigenvalue weighted by Crippen LogP contribution is 2.28. The maximum Gasteiger partial charge on any atom is 0.130 e. The van der Waals surface area contributed by atoms with Crippen molar-refractivity contribution in [1.29, 1.82) is 0 Å². The van der Waals surface area contributed by atoms with Gasteiger partial charge in [-0.3, -0.25) is 4.90 Å². The minimum Gasteiger partial charge on any atom is -0.373 e. The third kappa shape index (κ3) is 2.49. The quantitative estimate of drug-likeness (QED) is 0.939. The number of nitrogens with zero attached hydrogens (tertiary/aromatic N) is 2. The Bertz CT molecular complexity index is 646. The van der Waals surface area contributed by atoms with Gasteiger partial charge in [-0.1, -0.05) is 18.2 Å². The van der Waals surface area contributed by atoms with Gasteiger partial charge >= 0.3 is 0 Å². The lowest BCUT2D eigenvalue weighted by Gasteiger charge is -2.32. The monoisotopic (exact) mass is 283 g/mol.